The number of hydrogen-bond acceptors (Lipinski definition) is 2. The van der Waals surface area contributed by atoms with Gasteiger partial charge < -0.3 is 5.73 Å². The molecule has 0 radical (unpaired) electrons. The zero-order valence-electron chi connectivity index (χ0n) is 12.3. The fourth-order valence-corrected chi connectivity index (χ4v) is 3.32. The van der Waals surface area contributed by atoms with Gasteiger partial charge in [-0.1, -0.05) is 34.1 Å². The largest absolute Gasteiger partial charge is 0.329 e. The minimum Gasteiger partial charge on any atom is -0.329 e. The lowest BCUT2D eigenvalue weighted by molar-refractivity contribution is 0.0954. The van der Waals surface area contributed by atoms with Gasteiger partial charge in [0.2, 0.25) is 0 Å². The van der Waals surface area contributed by atoms with Crippen LogP contribution in [0.25, 0.3) is 0 Å². The molecule has 0 aliphatic carbocycles. The molecule has 0 saturated carbocycles. The van der Waals surface area contributed by atoms with Crippen molar-refractivity contribution in [3.63, 3.8) is 0 Å². The van der Waals surface area contributed by atoms with E-state index in [-0.39, 0.29) is 0 Å². The Bertz CT molecular complexity index is 203. The molecule has 0 spiro atoms. The van der Waals surface area contributed by atoms with Crippen LogP contribution >= 0.6 is 0 Å². The molecule has 0 aromatic heterocycles. The molecule has 1 heterocycles. The Hall–Kier alpha value is -0.0800. The normalized spacial score (nSPS) is 28.6. The van der Waals surface area contributed by atoms with E-state index in [1.165, 1.54) is 38.8 Å². The summed E-state index contributed by atoms with van der Waals surface area (Å²) in [4.78, 5) is 2.65. The van der Waals surface area contributed by atoms with Gasteiger partial charge in [0.15, 0.2) is 0 Å². The van der Waals surface area contributed by atoms with Crippen molar-refractivity contribution in [1.82, 2.24) is 4.90 Å². The quantitative estimate of drug-likeness (QED) is 0.773. The second-order valence-electron chi connectivity index (χ2n) is 6.42. The Kier molecular flexibility index (Phi) is 6.50. The molecule has 2 heteroatoms. The zero-order chi connectivity index (χ0) is 12.8. The molecule has 102 valence electrons. The Labute approximate surface area is 108 Å². The number of rotatable bonds is 6. The maximum Gasteiger partial charge on any atom is 0.0221 e. The van der Waals surface area contributed by atoms with Gasteiger partial charge in [0, 0.05) is 19.1 Å². The summed E-state index contributed by atoms with van der Waals surface area (Å²) in [7, 11) is 0. The van der Waals surface area contributed by atoms with Crippen LogP contribution in [0.1, 0.15) is 53.4 Å². The van der Waals surface area contributed by atoms with Crippen molar-refractivity contribution in [3.05, 3.63) is 0 Å². The van der Waals surface area contributed by atoms with E-state index < -0.39 is 0 Å². The summed E-state index contributed by atoms with van der Waals surface area (Å²) >= 11 is 0. The SMILES string of the molecule is CCC1CCN(CC(C)CC(C)C)C(CN)C1. The van der Waals surface area contributed by atoms with E-state index in [2.05, 4.69) is 32.6 Å². The number of piperidine rings is 1. The van der Waals surface area contributed by atoms with Crippen LogP contribution in [0.15, 0.2) is 0 Å². The topological polar surface area (TPSA) is 29.3 Å². The third-order valence-electron chi connectivity index (χ3n) is 4.22. The number of nitrogens with two attached hydrogens (primary N) is 1. The van der Waals surface area contributed by atoms with Gasteiger partial charge in [0.05, 0.1) is 0 Å². The third-order valence-corrected chi connectivity index (χ3v) is 4.22. The molecule has 3 unspecified atom stereocenters. The molecular formula is C15H32N2. The molecule has 0 aromatic carbocycles. The molecule has 1 fully saturated rings. The summed E-state index contributed by atoms with van der Waals surface area (Å²) in [5.74, 6) is 2.54. The monoisotopic (exact) mass is 240 g/mol. The Morgan fingerprint density at radius 2 is 2.00 bits per heavy atom. The van der Waals surface area contributed by atoms with Crippen LogP contribution < -0.4 is 5.73 Å². The first-order chi connectivity index (χ1) is 8.06. The average Bonchev–Trinajstić information content (AvgIpc) is 2.28. The van der Waals surface area contributed by atoms with Crippen molar-refractivity contribution in [2.75, 3.05) is 19.6 Å². The highest BCUT2D eigenvalue weighted by molar-refractivity contribution is 4.82. The molecule has 1 saturated heterocycles. The fraction of sp³-hybridized carbons (Fsp3) is 1.00. The van der Waals surface area contributed by atoms with Crippen LogP contribution in [0.3, 0.4) is 0 Å². The van der Waals surface area contributed by atoms with Gasteiger partial charge in [0.25, 0.3) is 0 Å². The van der Waals surface area contributed by atoms with Gasteiger partial charge in [0.1, 0.15) is 0 Å². The van der Waals surface area contributed by atoms with Gasteiger partial charge in [-0.15, -0.1) is 0 Å². The van der Waals surface area contributed by atoms with Gasteiger partial charge in [-0.2, -0.15) is 0 Å². The van der Waals surface area contributed by atoms with E-state index in [0.29, 0.717) is 6.04 Å². The van der Waals surface area contributed by atoms with Crippen molar-refractivity contribution >= 4 is 0 Å². The highest BCUT2D eigenvalue weighted by Crippen LogP contribution is 2.26. The van der Waals surface area contributed by atoms with Crippen LogP contribution in [0.5, 0.6) is 0 Å². The maximum absolute atomic E-state index is 5.95. The summed E-state index contributed by atoms with van der Waals surface area (Å²) < 4.78 is 0. The molecule has 17 heavy (non-hydrogen) atoms. The van der Waals surface area contributed by atoms with Crippen molar-refractivity contribution in [2.24, 2.45) is 23.5 Å². The highest BCUT2D eigenvalue weighted by Gasteiger charge is 2.27. The fourth-order valence-electron chi connectivity index (χ4n) is 3.32. The standard InChI is InChI=1S/C15H32N2/c1-5-14-6-7-17(15(9-14)10-16)11-13(4)8-12(2)3/h12-15H,5-11,16H2,1-4H3. The second-order valence-corrected chi connectivity index (χ2v) is 6.42. The molecule has 0 bridgehead atoms. The summed E-state index contributed by atoms with van der Waals surface area (Å²) in [5.41, 5.74) is 5.95. The van der Waals surface area contributed by atoms with Crippen LogP contribution in [0.2, 0.25) is 0 Å². The summed E-state index contributed by atoms with van der Waals surface area (Å²) in [6.07, 6.45) is 5.36. The maximum atomic E-state index is 5.95. The van der Waals surface area contributed by atoms with Crippen LogP contribution in [-0.4, -0.2) is 30.6 Å². The van der Waals surface area contributed by atoms with E-state index in [9.17, 15) is 0 Å². The Balaban J connectivity index is 2.41. The van der Waals surface area contributed by atoms with Crippen LogP contribution in [0, 0.1) is 17.8 Å². The lowest BCUT2D eigenvalue weighted by atomic mass is 9.87. The van der Waals surface area contributed by atoms with Gasteiger partial charge >= 0.3 is 0 Å². The lowest BCUT2D eigenvalue weighted by Crippen LogP contribution is -2.48. The second kappa shape index (κ2) is 7.38. The molecule has 2 N–H and O–H groups in total. The molecule has 1 aliphatic heterocycles. The smallest absolute Gasteiger partial charge is 0.0221 e. The van der Waals surface area contributed by atoms with E-state index in [0.717, 1.165) is 24.3 Å². The molecule has 0 amide bonds. The molecule has 3 atom stereocenters. The average molecular weight is 240 g/mol. The first-order valence-electron chi connectivity index (χ1n) is 7.50. The van der Waals surface area contributed by atoms with Crippen LogP contribution in [-0.2, 0) is 0 Å². The minimum absolute atomic E-state index is 0.642. The molecule has 1 aliphatic rings. The summed E-state index contributed by atoms with van der Waals surface area (Å²) in [6, 6.07) is 0.642. The van der Waals surface area contributed by atoms with Gasteiger partial charge in [-0.05, 0) is 43.6 Å². The predicted molar refractivity (Wildman–Crippen MR) is 76.0 cm³/mol. The van der Waals surface area contributed by atoms with E-state index in [4.69, 9.17) is 5.73 Å². The first-order valence-corrected chi connectivity index (χ1v) is 7.50. The predicted octanol–water partition coefficient (Wildman–Crippen LogP) is 3.12. The van der Waals surface area contributed by atoms with Crippen molar-refractivity contribution in [1.29, 1.82) is 0 Å². The highest BCUT2D eigenvalue weighted by atomic mass is 15.2. The molecular weight excluding hydrogens is 208 g/mol. The summed E-state index contributed by atoms with van der Waals surface area (Å²) in [6.45, 7) is 12.7. The lowest BCUT2D eigenvalue weighted by Gasteiger charge is -2.40. The summed E-state index contributed by atoms with van der Waals surface area (Å²) in [5, 5.41) is 0. The number of likely N-dealkylation sites (tertiary alicyclic amines) is 1. The van der Waals surface area contributed by atoms with E-state index in [1.54, 1.807) is 0 Å². The minimum atomic E-state index is 0.642. The van der Waals surface area contributed by atoms with E-state index in [1.807, 2.05) is 0 Å². The van der Waals surface area contributed by atoms with Crippen molar-refractivity contribution in [2.45, 2.75) is 59.4 Å². The Morgan fingerprint density at radius 3 is 2.53 bits per heavy atom. The molecule has 2 nitrogen and oxygen atoms in total. The van der Waals surface area contributed by atoms with Gasteiger partial charge in [-0.25, -0.2) is 0 Å². The molecule has 1 rings (SSSR count). The third kappa shape index (κ3) is 4.97. The van der Waals surface area contributed by atoms with Crippen molar-refractivity contribution in [3.8, 4) is 0 Å². The number of nitrogens with zero attached hydrogens (tertiary/aromatic N) is 1. The first kappa shape index (κ1) is 15.0. The zero-order valence-corrected chi connectivity index (χ0v) is 12.3. The van der Waals surface area contributed by atoms with E-state index >= 15 is 0 Å². The van der Waals surface area contributed by atoms with Crippen LogP contribution in [0.4, 0.5) is 0 Å². The molecule has 0 aromatic rings. The van der Waals surface area contributed by atoms with Gasteiger partial charge in [-0.3, -0.25) is 4.90 Å². The number of hydrogen-bond donors (Lipinski definition) is 1. The van der Waals surface area contributed by atoms with Crippen molar-refractivity contribution < 1.29 is 0 Å². The Morgan fingerprint density at radius 1 is 1.29 bits per heavy atom.